The molecule has 1 N–H and O–H groups in total. The SMILES string of the molecule is COc1cc2c(cc1OC1CCCC1)CN(C(=O)c1ccc(O)cc1)CC2. The molecule has 0 aromatic heterocycles. The lowest BCUT2D eigenvalue weighted by molar-refractivity contribution is 0.0734. The van der Waals surface area contributed by atoms with Crippen molar-refractivity contribution in [3.05, 3.63) is 53.1 Å². The molecule has 2 aliphatic rings. The highest BCUT2D eigenvalue weighted by Crippen LogP contribution is 2.36. The fraction of sp³-hybridized carbons (Fsp3) is 0.409. The number of hydrogen-bond acceptors (Lipinski definition) is 4. The maximum absolute atomic E-state index is 12.8. The number of nitrogens with zero attached hydrogens (tertiary/aromatic N) is 1. The van der Waals surface area contributed by atoms with E-state index in [1.165, 1.54) is 18.4 Å². The Bertz CT molecular complexity index is 825. The summed E-state index contributed by atoms with van der Waals surface area (Å²) in [5.74, 6) is 1.70. The first-order valence-corrected chi connectivity index (χ1v) is 9.59. The number of methoxy groups -OCH3 is 1. The van der Waals surface area contributed by atoms with E-state index in [1.807, 2.05) is 11.0 Å². The van der Waals surface area contributed by atoms with Gasteiger partial charge in [-0.2, -0.15) is 0 Å². The molecule has 1 saturated carbocycles. The topological polar surface area (TPSA) is 59.0 Å². The monoisotopic (exact) mass is 367 g/mol. The summed E-state index contributed by atoms with van der Waals surface area (Å²) in [6.07, 6.45) is 5.66. The quantitative estimate of drug-likeness (QED) is 0.890. The molecule has 5 nitrogen and oxygen atoms in total. The van der Waals surface area contributed by atoms with E-state index in [2.05, 4.69) is 6.07 Å². The van der Waals surface area contributed by atoms with Crippen LogP contribution in [0.3, 0.4) is 0 Å². The van der Waals surface area contributed by atoms with Crippen molar-refractivity contribution < 1.29 is 19.4 Å². The Kier molecular flexibility index (Phi) is 4.92. The predicted octanol–water partition coefficient (Wildman–Crippen LogP) is 3.92. The van der Waals surface area contributed by atoms with Gasteiger partial charge in [-0.05, 0) is 79.6 Å². The first kappa shape index (κ1) is 17.7. The van der Waals surface area contributed by atoms with Gasteiger partial charge in [-0.1, -0.05) is 0 Å². The molecular formula is C22H25NO4. The van der Waals surface area contributed by atoms with Crippen LogP contribution in [-0.4, -0.2) is 35.7 Å². The molecule has 4 rings (SSSR count). The van der Waals surface area contributed by atoms with Crippen LogP contribution in [0.1, 0.15) is 47.2 Å². The molecule has 0 unspecified atom stereocenters. The second kappa shape index (κ2) is 7.51. The van der Waals surface area contributed by atoms with Crippen LogP contribution in [-0.2, 0) is 13.0 Å². The van der Waals surface area contributed by atoms with Crippen LogP contribution in [0.4, 0.5) is 0 Å². The molecule has 1 heterocycles. The number of phenolic OH excluding ortho intramolecular Hbond substituents is 1. The second-order valence-corrected chi connectivity index (χ2v) is 7.32. The number of amides is 1. The van der Waals surface area contributed by atoms with E-state index >= 15 is 0 Å². The van der Waals surface area contributed by atoms with Crippen molar-refractivity contribution in [2.45, 2.75) is 44.8 Å². The summed E-state index contributed by atoms with van der Waals surface area (Å²) in [5, 5.41) is 9.43. The van der Waals surface area contributed by atoms with Crippen LogP contribution in [0.2, 0.25) is 0 Å². The molecule has 1 aliphatic heterocycles. The Morgan fingerprint density at radius 2 is 1.78 bits per heavy atom. The van der Waals surface area contributed by atoms with E-state index in [9.17, 15) is 9.90 Å². The van der Waals surface area contributed by atoms with Crippen molar-refractivity contribution in [2.24, 2.45) is 0 Å². The van der Waals surface area contributed by atoms with E-state index in [-0.39, 0.29) is 17.8 Å². The van der Waals surface area contributed by atoms with Crippen molar-refractivity contribution in [3.8, 4) is 17.2 Å². The van der Waals surface area contributed by atoms with Gasteiger partial charge in [0.2, 0.25) is 0 Å². The average molecular weight is 367 g/mol. The predicted molar refractivity (Wildman–Crippen MR) is 102 cm³/mol. The zero-order valence-corrected chi connectivity index (χ0v) is 15.6. The van der Waals surface area contributed by atoms with Crippen molar-refractivity contribution in [1.82, 2.24) is 4.90 Å². The molecule has 0 saturated heterocycles. The maximum atomic E-state index is 12.8. The minimum absolute atomic E-state index is 0.0188. The third kappa shape index (κ3) is 3.72. The fourth-order valence-corrected chi connectivity index (χ4v) is 3.96. The van der Waals surface area contributed by atoms with Gasteiger partial charge in [-0.15, -0.1) is 0 Å². The van der Waals surface area contributed by atoms with Gasteiger partial charge in [-0.25, -0.2) is 0 Å². The summed E-state index contributed by atoms with van der Waals surface area (Å²) in [6.45, 7) is 1.22. The van der Waals surface area contributed by atoms with Gasteiger partial charge in [0.05, 0.1) is 13.2 Å². The number of aromatic hydroxyl groups is 1. The molecule has 2 aromatic carbocycles. The lowest BCUT2D eigenvalue weighted by Gasteiger charge is -2.30. The number of rotatable bonds is 4. The lowest BCUT2D eigenvalue weighted by Crippen LogP contribution is -2.36. The van der Waals surface area contributed by atoms with Gasteiger partial charge in [0.25, 0.3) is 5.91 Å². The normalized spacial score (nSPS) is 16.9. The molecule has 0 radical (unpaired) electrons. The Hall–Kier alpha value is -2.69. The second-order valence-electron chi connectivity index (χ2n) is 7.32. The van der Waals surface area contributed by atoms with E-state index in [0.717, 1.165) is 36.3 Å². The molecule has 1 amide bonds. The smallest absolute Gasteiger partial charge is 0.254 e. The number of carbonyl (C=O) groups excluding carboxylic acids is 1. The van der Waals surface area contributed by atoms with Crippen molar-refractivity contribution in [2.75, 3.05) is 13.7 Å². The Morgan fingerprint density at radius 3 is 2.48 bits per heavy atom. The van der Waals surface area contributed by atoms with Crippen LogP contribution in [0.5, 0.6) is 17.2 Å². The first-order valence-electron chi connectivity index (χ1n) is 9.59. The van der Waals surface area contributed by atoms with Crippen molar-refractivity contribution >= 4 is 5.91 Å². The number of carbonyl (C=O) groups is 1. The minimum Gasteiger partial charge on any atom is -0.508 e. The van der Waals surface area contributed by atoms with E-state index in [0.29, 0.717) is 18.7 Å². The minimum atomic E-state index is -0.0188. The van der Waals surface area contributed by atoms with Crippen molar-refractivity contribution in [1.29, 1.82) is 0 Å². The van der Waals surface area contributed by atoms with Gasteiger partial charge in [0.15, 0.2) is 11.5 Å². The molecule has 5 heteroatoms. The summed E-state index contributed by atoms with van der Waals surface area (Å²) in [5.41, 5.74) is 2.91. The van der Waals surface area contributed by atoms with E-state index < -0.39 is 0 Å². The number of ether oxygens (including phenoxy) is 2. The first-order chi connectivity index (χ1) is 13.1. The van der Waals surface area contributed by atoms with Crippen LogP contribution >= 0.6 is 0 Å². The molecular weight excluding hydrogens is 342 g/mol. The van der Waals surface area contributed by atoms with Crippen LogP contribution in [0, 0.1) is 0 Å². The Labute approximate surface area is 159 Å². The highest BCUT2D eigenvalue weighted by molar-refractivity contribution is 5.94. The van der Waals surface area contributed by atoms with Gasteiger partial charge in [-0.3, -0.25) is 4.79 Å². The Morgan fingerprint density at radius 1 is 1.07 bits per heavy atom. The standard InChI is InChI=1S/C22H25NO4/c1-26-20-12-16-10-11-23(22(25)15-6-8-18(24)9-7-15)14-17(16)13-21(20)27-19-4-2-3-5-19/h6-9,12-13,19,24H,2-5,10-11,14H2,1H3. The maximum Gasteiger partial charge on any atom is 0.254 e. The zero-order valence-electron chi connectivity index (χ0n) is 15.6. The molecule has 1 aliphatic carbocycles. The summed E-state index contributed by atoms with van der Waals surface area (Å²) >= 11 is 0. The zero-order chi connectivity index (χ0) is 18.8. The third-order valence-electron chi connectivity index (χ3n) is 5.50. The summed E-state index contributed by atoms with van der Waals surface area (Å²) in [7, 11) is 1.67. The average Bonchev–Trinajstić information content (AvgIpc) is 3.20. The van der Waals surface area contributed by atoms with Crippen LogP contribution in [0.15, 0.2) is 36.4 Å². The van der Waals surface area contributed by atoms with Gasteiger partial charge < -0.3 is 19.5 Å². The van der Waals surface area contributed by atoms with Crippen molar-refractivity contribution in [3.63, 3.8) is 0 Å². The number of phenols is 1. The summed E-state index contributed by atoms with van der Waals surface area (Å²) in [4.78, 5) is 14.6. The summed E-state index contributed by atoms with van der Waals surface area (Å²) in [6, 6.07) is 10.5. The number of benzene rings is 2. The number of fused-ring (bicyclic) bond motifs is 1. The number of hydrogen-bond donors (Lipinski definition) is 1. The fourth-order valence-electron chi connectivity index (χ4n) is 3.96. The molecule has 2 aromatic rings. The largest absolute Gasteiger partial charge is 0.508 e. The third-order valence-corrected chi connectivity index (χ3v) is 5.50. The Balaban J connectivity index is 1.55. The van der Waals surface area contributed by atoms with Gasteiger partial charge in [0, 0.05) is 18.7 Å². The van der Waals surface area contributed by atoms with Crippen LogP contribution in [0.25, 0.3) is 0 Å². The summed E-state index contributed by atoms with van der Waals surface area (Å²) < 4.78 is 11.7. The van der Waals surface area contributed by atoms with E-state index in [1.54, 1.807) is 31.4 Å². The lowest BCUT2D eigenvalue weighted by atomic mass is 9.98. The molecule has 0 atom stereocenters. The molecule has 0 spiro atoms. The van der Waals surface area contributed by atoms with E-state index in [4.69, 9.17) is 9.47 Å². The molecule has 142 valence electrons. The van der Waals surface area contributed by atoms with Gasteiger partial charge in [0.1, 0.15) is 5.75 Å². The van der Waals surface area contributed by atoms with Crippen LogP contribution < -0.4 is 9.47 Å². The highest BCUT2D eigenvalue weighted by Gasteiger charge is 2.25. The molecule has 1 fully saturated rings. The highest BCUT2D eigenvalue weighted by atomic mass is 16.5. The van der Waals surface area contributed by atoms with Gasteiger partial charge >= 0.3 is 0 Å². The molecule has 27 heavy (non-hydrogen) atoms. The molecule has 0 bridgehead atoms.